The van der Waals surface area contributed by atoms with Gasteiger partial charge in [-0.2, -0.15) is 4.98 Å². The van der Waals surface area contributed by atoms with E-state index in [0.29, 0.717) is 17.8 Å². The van der Waals surface area contributed by atoms with E-state index >= 15 is 0 Å². The summed E-state index contributed by atoms with van der Waals surface area (Å²) in [7, 11) is 1.71. The van der Waals surface area contributed by atoms with Gasteiger partial charge in [0, 0.05) is 19.6 Å². The maximum atomic E-state index is 5.02. The van der Waals surface area contributed by atoms with Gasteiger partial charge in [-0.25, -0.2) is 0 Å². The van der Waals surface area contributed by atoms with E-state index in [1.54, 1.807) is 7.11 Å². The largest absolute Gasteiger partial charge is 0.383 e. The summed E-state index contributed by atoms with van der Waals surface area (Å²) in [5, 5.41) is 7.08. The molecule has 0 bridgehead atoms. The standard InChI is InChI=1S/C10H19N3O2/c1-8(7-14-3)11-6-4-5-10-12-9(2)13-15-10/h8,11H,4-7H2,1-3H3. The van der Waals surface area contributed by atoms with E-state index < -0.39 is 0 Å². The SMILES string of the molecule is COCC(C)NCCCc1nc(C)no1. The first-order chi connectivity index (χ1) is 7.22. The molecule has 0 amide bonds. The lowest BCUT2D eigenvalue weighted by atomic mass is 10.3. The predicted molar refractivity (Wildman–Crippen MR) is 56.7 cm³/mol. The Balaban J connectivity index is 2.06. The van der Waals surface area contributed by atoms with Crippen molar-refractivity contribution in [1.82, 2.24) is 15.5 Å². The molecule has 0 aliphatic carbocycles. The average Bonchev–Trinajstić information content (AvgIpc) is 2.60. The minimum atomic E-state index is 0.388. The topological polar surface area (TPSA) is 60.2 Å². The van der Waals surface area contributed by atoms with E-state index in [1.807, 2.05) is 6.92 Å². The van der Waals surface area contributed by atoms with Crippen LogP contribution in [0.15, 0.2) is 4.52 Å². The molecule has 0 saturated heterocycles. The Hall–Kier alpha value is -0.940. The maximum absolute atomic E-state index is 5.02. The van der Waals surface area contributed by atoms with E-state index in [1.165, 1.54) is 0 Å². The quantitative estimate of drug-likeness (QED) is 0.683. The van der Waals surface area contributed by atoms with Crippen LogP contribution in [0.3, 0.4) is 0 Å². The van der Waals surface area contributed by atoms with Gasteiger partial charge in [-0.05, 0) is 26.8 Å². The molecule has 1 N–H and O–H groups in total. The Morgan fingerprint density at radius 3 is 2.93 bits per heavy atom. The highest BCUT2D eigenvalue weighted by Gasteiger charge is 2.03. The molecule has 1 aromatic rings. The summed E-state index contributed by atoms with van der Waals surface area (Å²) in [5.74, 6) is 1.42. The minimum Gasteiger partial charge on any atom is -0.383 e. The van der Waals surface area contributed by atoms with E-state index in [-0.39, 0.29) is 0 Å². The number of aryl methyl sites for hydroxylation is 2. The van der Waals surface area contributed by atoms with Crippen molar-refractivity contribution >= 4 is 0 Å². The van der Waals surface area contributed by atoms with Crippen molar-refractivity contribution in [2.24, 2.45) is 0 Å². The second kappa shape index (κ2) is 6.53. The fourth-order valence-corrected chi connectivity index (χ4v) is 1.34. The van der Waals surface area contributed by atoms with E-state index in [9.17, 15) is 0 Å². The molecule has 1 atom stereocenters. The molecule has 5 heteroatoms. The van der Waals surface area contributed by atoms with Crippen LogP contribution in [0.5, 0.6) is 0 Å². The fourth-order valence-electron chi connectivity index (χ4n) is 1.34. The summed E-state index contributed by atoms with van der Waals surface area (Å²) in [5.41, 5.74) is 0. The molecule has 86 valence electrons. The molecule has 15 heavy (non-hydrogen) atoms. The molecule has 5 nitrogen and oxygen atoms in total. The summed E-state index contributed by atoms with van der Waals surface area (Å²) >= 11 is 0. The van der Waals surface area contributed by atoms with Gasteiger partial charge in [0.25, 0.3) is 0 Å². The van der Waals surface area contributed by atoms with Gasteiger partial charge in [0.05, 0.1) is 6.61 Å². The van der Waals surface area contributed by atoms with Crippen molar-refractivity contribution in [3.05, 3.63) is 11.7 Å². The lowest BCUT2D eigenvalue weighted by Gasteiger charge is -2.11. The normalized spacial score (nSPS) is 13.0. The first kappa shape index (κ1) is 12.1. The summed E-state index contributed by atoms with van der Waals surface area (Å²) in [6.07, 6.45) is 1.82. The van der Waals surface area contributed by atoms with Crippen LogP contribution in [0, 0.1) is 6.92 Å². The van der Waals surface area contributed by atoms with E-state index in [0.717, 1.165) is 26.0 Å². The smallest absolute Gasteiger partial charge is 0.226 e. The van der Waals surface area contributed by atoms with E-state index in [4.69, 9.17) is 9.26 Å². The summed E-state index contributed by atoms with van der Waals surface area (Å²) in [6.45, 7) is 5.60. The molecule has 1 aromatic heterocycles. The highest BCUT2D eigenvalue weighted by Crippen LogP contribution is 1.99. The Morgan fingerprint density at radius 1 is 1.53 bits per heavy atom. The van der Waals surface area contributed by atoms with Gasteiger partial charge in [0.1, 0.15) is 0 Å². The zero-order valence-corrected chi connectivity index (χ0v) is 9.62. The van der Waals surface area contributed by atoms with Crippen molar-refractivity contribution in [3.8, 4) is 0 Å². The Morgan fingerprint density at radius 2 is 2.33 bits per heavy atom. The van der Waals surface area contributed by atoms with Crippen LogP contribution in [0.2, 0.25) is 0 Å². The van der Waals surface area contributed by atoms with Crippen LogP contribution in [0.25, 0.3) is 0 Å². The third kappa shape index (κ3) is 4.90. The maximum Gasteiger partial charge on any atom is 0.226 e. The lowest BCUT2D eigenvalue weighted by Crippen LogP contribution is -2.31. The van der Waals surface area contributed by atoms with Gasteiger partial charge in [-0.1, -0.05) is 5.16 Å². The molecule has 1 heterocycles. The molecule has 1 unspecified atom stereocenters. The van der Waals surface area contributed by atoms with Crippen LogP contribution in [-0.2, 0) is 11.2 Å². The van der Waals surface area contributed by atoms with Gasteiger partial charge in [-0.3, -0.25) is 0 Å². The molecule has 0 aromatic carbocycles. The van der Waals surface area contributed by atoms with Gasteiger partial charge in [0.15, 0.2) is 5.82 Å². The molecule has 0 radical (unpaired) electrons. The van der Waals surface area contributed by atoms with Crippen molar-refractivity contribution in [2.45, 2.75) is 32.7 Å². The third-order valence-corrected chi connectivity index (χ3v) is 2.05. The van der Waals surface area contributed by atoms with Gasteiger partial charge in [0.2, 0.25) is 5.89 Å². The zero-order chi connectivity index (χ0) is 11.1. The highest BCUT2D eigenvalue weighted by atomic mass is 16.5. The number of hydrogen-bond donors (Lipinski definition) is 1. The Kier molecular flexibility index (Phi) is 5.28. The zero-order valence-electron chi connectivity index (χ0n) is 9.62. The first-order valence-electron chi connectivity index (χ1n) is 5.24. The molecule has 0 aliphatic heterocycles. The van der Waals surface area contributed by atoms with Crippen LogP contribution in [0.1, 0.15) is 25.1 Å². The summed E-state index contributed by atoms with van der Waals surface area (Å²) in [4.78, 5) is 4.13. The minimum absolute atomic E-state index is 0.388. The van der Waals surface area contributed by atoms with Crippen molar-refractivity contribution in [2.75, 3.05) is 20.3 Å². The van der Waals surface area contributed by atoms with Crippen LogP contribution >= 0.6 is 0 Å². The number of nitrogens with zero attached hydrogens (tertiary/aromatic N) is 2. The van der Waals surface area contributed by atoms with Crippen molar-refractivity contribution in [3.63, 3.8) is 0 Å². The molecule has 0 saturated carbocycles. The Labute approximate surface area is 90.2 Å². The van der Waals surface area contributed by atoms with Crippen molar-refractivity contribution < 1.29 is 9.26 Å². The van der Waals surface area contributed by atoms with Crippen LogP contribution < -0.4 is 5.32 Å². The predicted octanol–water partition coefficient (Wildman–Crippen LogP) is 0.935. The summed E-state index contributed by atoms with van der Waals surface area (Å²) < 4.78 is 10.0. The molecule has 1 rings (SSSR count). The second-order valence-corrected chi connectivity index (χ2v) is 3.65. The number of methoxy groups -OCH3 is 1. The monoisotopic (exact) mass is 213 g/mol. The Bertz CT molecular complexity index is 275. The molecular weight excluding hydrogens is 194 g/mol. The first-order valence-corrected chi connectivity index (χ1v) is 5.24. The summed E-state index contributed by atoms with van der Waals surface area (Å²) in [6, 6.07) is 0.388. The number of aromatic nitrogens is 2. The van der Waals surface area contributed by atoms with Gasteiger partial charge >= 0.3 is 0 Å². The number of hydrogen-bond acceptors (Lipinski definition) is 5. The van der Waals surface area contributed by atoms with E-state index in [2.05, 4.69) is 22.4 Å². The number of rotatable bonds is 7. The highest BCUT2D eigenvalue weighted by molar-refractivity contribution is 4.82. The third-order valence-electron chi connectivity index (χ3n) is 2.05. The van der Waals surface area contributed by atoms with Crippen LogP contribution in [0.4, 0.5) is 0 Å². The molecule has 0 aliphatic rings. The van der Waals surface area contributed by atoms with Gasteiger partial charge < -0.3 is 14.6 Å². The number of nitrogens with one attached hydrogen (secondary N) is 1. The molecule has 0 fully saturated rings. The fraction of sp³-hybridized carbons (Fsp3) is 0.800. The van der Waals surface area contributed by atoms with Crippen LogP contribution in [-0.4, -0.2) is 36.4 Å². The lowest BCUT2D eigenvalue weighted by molar-refractivity contribution is 0.172. The average molecular weight is 213 g/mol. The van der Waals surface area contributed by atoms with Crippen molar-refractivity contribution in [1.29, 1.82) is 0 Å². The molecular formula is C10H19N3O2. The number of ether oxygens (including phenoxy) is 1. The molecule has 0 spiro atoms. The van der Waals surface area contributed by atoms with Gasteiger partial charge in [-0.15, -0.1) is 0 Å². The second-order valence-electron chi connectivity index (χ2n) is 3.65.